The Balaban J connectivity index is 0.000000151. The Bertz CT molecular complexity index is 200. The van der Waals surface area contributed by atoms with Crippen LogP contribution in [0.2, 0.25) is 0 Å². The highest BCUT2D eigenvalue weighted by atomic mass is 14.1. The summed E-state index contributed by atoms with van der Waals surface area (Å²) < 4.78 is 0. The summed E-state index contributed by atoms with van der Waals surface area (Å²) in [7, 11) is 0. The molecular weight excluding hydrogens is 180 g/mol. The van der Waals surface area contributed by atoms with Crippen molar-refractivity contribution in [3.8, 4) is 0 Å². The van der Waals surface area contributed by atoms with Crippen LogP contribution in [0.3, 0.4) is 0 Å². The zero-order valence-corrected chi connectivity index (χ0v) is 10.4. The Labute approximate surface area is 95.5 Å². The molecule has 0 radical (unpaired) electrons. The molecule has 2 rings (SSSR count). The van der Waals surface area contributed by atoms with Gasteiger partial charge in [-0.15, -0.1) is 0 Å². The molecule has 0 spiro atoms. The third-order valence-corrected chi connectivity index (χ3v) is 3.45. The van der Waals surface area contributed by atoms with E-state index in [1.807, 2.05) is 0 Å². The van der Waals surface area contributed by atoms with Gasteiger partial charge in [0.25, 0.3) is 0 Å². The van der Waals surface area contributed by atoms with Crippen molar-refractivity contribution < 1.29 is 0 Å². The highest BCUT2D eigenvalue weighted by Crippen LogP contribution is 2.20. The maximum absolute atomic E-state index is 2.32. The molecule has 0 fully saturated rings. The summed E-state index contributed by atoms with van der Waals surface area (Å²) in [6.45, 7) is 4.56. The van der Waals surface area contributed by atoms with Gasteiger partial charge in [0.2, 0.25) is 0 Å². The zero-order valence-electron chi connectivity index (χ0n) is 10.4. The Morgan fingerprint density at radius 2 is 1.93 bits per heavy atom. The molecule has 2 unspecified atom stereocenters. The lowest BCUT2D eigenvalue weighted by Crippen LogP contribution is -1.99. The first kappa shape index (κ1) is 12.5. The smallest absolute Gasteiger partial charge is 0.0262 e. The lowest BCUT2D eigenvalue weighted by atomic mass is 9.92. The molecule has 0 N–H and O–H groups in total. The van der Waals surface area contributed by atoms with Gasteiger partial charge in [0.1, 0.15) is 0 Å². The van der Waals surface area contributed by atoms with Crippen molar-refractivity contribution in [1.29, 1.82) is 0 Å². The molecule has 86 valence electrons. The normalized spacial score (nSPS) is 29.5. The first-order chi connectivity index (χ1) is 7.33. The van der Waals surface area contributed by atoms with Crippen LogP contribution in [0.5, 0.6) is 0 Å². The Hall–Kier alpha value is -0.520. The summed E-state index contributed by atoms with van der Waals surface area (Å²) in [5.41, 5.74) is 0. The minimum Gasteiger partial charge on any atom is -0.0885 e. The van der Waals surface area contributed by atoms with Gasteiger partial charge in [-0.25, -0.2) is 0 Å². The van der Waals surface area contributed by atoms with Crippen molar-refractivity contribution >= 4 is 0 Å². The third-order valence-electron chi connectivity index (χ3n) is 3.45. The number of rotatable bonds is 1. The van der Waals surface area contributed by atoms with E-state index >= 15 is 0 Å². The predicted molar refractivity (Wildman–Crippen MR) is 68.9 cm³/mol. The Morgan fingerprint density at radius 3 is 2.27 bits per heavy atom. The molecule has 0 saturated carbocycles. The van der Waals surface area contributed by atoms with Gasteiger partial charge in [-0.3, -0.25) is 0 Å². The summed E-state index contributed by atoms with van der Waals surface area (Å²) in [4.78, 5) is 0. The van der Waals surface area contributed by atoms with E-state index < -0.39 is 0 Å². The van der Waals surface area contributed by atoms with Crippen molar-refractivity contribution in [2.24, 2.45) is 11.8 Å². The van der Waals surface area contributed by atoms with Crippen molar-refractivity contribution in [2.45, 2.75) is 58.8 Å². The monoisotopic (exact) mass is 206 g/mol. The molecular formula is C15H26. The highest BCUT2D eigenvalue weighted by molar-refractivity contribution is 4.90. The van der Waals surface area contributed by atoms with Crippen LogP contribution in [-0.2, 0) is 0 Å². The molecule has 2 aliphatic carbocycles. The van der Waals surface area contributed by atoms with Gasteiger partial charge in [-0.2, -0.15) is 0 Å². The first-order valence-corrected chi connectivity index (χ1v) is 6.64. The molecule has 0 bridgehead atoms. The van der Waals surface area contributed by atoms with Crippen molar-refractivity contribution in [2.75, 3.05) is 0 Å². The van der Waals surface area contributed by atoms with Crippen LogP contribution in [0.4, 0.5) is 0 Å². The third kappa shape index (κ3) is 5.81. The van der Waals surface area contributed by atoms with Crippen LogP contribution in [0.1, 0.15) is 58.8 Å². The van der Waals surface area contributed by atoms with Crippen LogP contribution < -0.4 is 0 Å². The van der Waals surface area contributed by atoms with E-state index in [1.54, 1.807) is 0 Å². The second-order valence-corrected chi connectivity index (χ2v) is 4.90. The lowest BCUT2D eigenvalue weighted by Gasteiger charge is -2.13. The van der Waals surface area contributed by atoms with Crippen molar-refractivity contribution in [3.05, 3.63) is 24.3 Å². The van der Waals surface area contributed by atoms with E-state index in [0.717, 1.165) is 11.8 Å². The fraction of sp³-hybridized carbons (Fsp3) is 0.733. The lowest BCUT2D eigenvalue weighted by molar-refractivity contribution is 0.465. The standard InChI is InChI=1S/C8H14.C7H12/c1-2-8-6-4-3-5-7-8;1-7-5-3-2-4-6-7/h3-4,8H,2,5-7H2,1H3;3,5,7H,2,4,6H2,1H3. The van der Waals surface area contributed by atoms with Crippen LogP contribution >= 0.6 is 0 Å². The predicted octanol–water partition coefficient (Wildman–Crippen LogP) is 5.12. The van der Waals surface area contributed by atoms with E-state index in [1.165, 1.54) is 44.9 Å². The molecule has 15 heavy (non-hydrogen) atoms. The summed E-state index contributed by atoms with van der Waals surface area (Å²) in [6, 6.07) is 0. The van der Waals surface area contributed by atoms with E-state index in [-0.39, 0.29) is 0 Å². The largest absolute Gasteiger partial charge is 0.0885 e. The quantitative estimate of drug-likeness (QED) is 0.523. The minimum absolute atomic E-state index is 0.855. The highest BCUT2D eigenvalue weighted by Gasteiger charge is 2.05. The molecule has 0 heteroatoms. The van der Waals surface area contributed by atoms with E-state index in [9.17, 15) is 0 Å². The van der Waals surface area contributed by atoms with Crippen molar-refractivity contribution in [3.63, 3.8) is 0 Å². The summed E-state index contributed by atoms with van der Waals surface area (Å²) in [5, 5.41) is 0. The Morgan fingerprint density at radius 1 is 1.07 bits per heavy atom. The summed E-state index contributed by atoms with van der Waals surface area (Å²) in [5.74, 6) is 1.86. The molecule has 2 aliphatic rings. The van der Waals surface area contributed by atoms with Gasteiger partial charge < -0.3 is 0 Å². The number of hydrogen-bond acceptors (Lipinski definition) is 0. The van der Waals surface area contributed by atoms with Gasteiger partial charge in [-0.05, 0) is 50.4 Å². The van der Waals surface area contributed by atoms with Crippen LogP contribution in [-0.4, -0.2) is 0 Å². The van der Waals surface area contributed by atoms with Gasteiger partial charge >= 0.3 is 0 Å². The fourth-order valence-corrected chi connectivity index (χ4v) is 2.21. The molecule has 0 nitrogen and oxygen atoms in total. The molecule has 0 heterocycles. The molecule has 0 amide bonds. The van der Waals surface area contributed by atoms with Crippen molar-refractivity contribution in [1.82, 2.24) is 0 Å². The van der Waals surface area contributed by atoms with E-state index in [0.29, 0.717) is 0 Å². The Kier molecular flexibility index (Phi) is 6.47. The maximum atomic E-state index is 2.32. The van der Waals surface area contributed by atoms with E-state index in [2.05, 4.69) is 38.2 Å². The summed E-state index contributed by atoms with van der Waals surface area (Å²) >= 11 is 0. The molecule has 0 aromatic carbocycles. The van der Waals surface area contributed by atoms with Crippen LogP contribution in [0.25, 0.3) is 0 Å². The van der Waals surface area contributed by atoms with Crippen LogP contribution in [0.15, 0.2) is 24.3 Å². The maximum Gasteiger partial charge on any atom is -0.0262 e. The average molecular weight is 206 g/mol. The summed E-state index contributed by atoms with van der Waals surface area (Å²) in [6.07, 6.45) is 18.8. The number of allylic oxidation sites excluding steroid dienone is 4. The molecule has 0 aromatic heterocycles. The number of hydrogen-bond donors (Lipinski definition) is 0. The molecule has 0 aromatic rings. The van der Waals surface area contributed by atoms with E-state index in [4.69, 9.17) is 0 Å². The van der Waals surface area contributed by atoms with Gasteiger partial charge in [0.15, 0.2) is 0 Å². The first-order valence-electron chi connectivity index (χ1n) is 6.64. The molecule has 2 atom stereocenters. The second-order valence-electron chi connectivity index (χ2n) is 4.90. The fourth-order valence-electron chi connectivity index (χ4n) is 2.21. The van der Waals surface area contributed by atoms with Gasteiger partial charge in [-0.1, -0.05) is 44.6 Å². The second kappa shape index (κ2) is 7.73. The zero-order chi connectivity index (χ0) is 10.9. The topological polar surface area (TPSA) is 0 Å². The molecule has 0 aliphatic heterocycles. The van der Waals surface area contributed by atoms with Gasteiger partial charge in [0.05, 0.1) is 0 Å². The molecule has 0 saturated heterocycles. The minimum atomic E-state index is 0.855. The average Bonchev–Trinajstić information content (AvgIpc) is 2.32. The SMILES string of the molecule is CC1C=CCCC1.CCC1CC=CCC1. The van der Waals surface area contributed by atoms with Crippen LogP contribution in [0, 0.1) is 11.8 Å². The van der Waals surface area contributed by atoms with Gasteiger partial charge in [0, 0.05) is 0 Å².